The fourth-order valence-corrected chi connectivity index (χ4v) is 3.46. The van der Waals surface area contributed by atoms with Gasteiger partial charge in [-0.1, -0.05) is 23.7 Å². The van der Waals surface area contributed by atoms with Gasteiger partial charge in [-0.15, -0.1) is 6.58 Å². The van der Waals surface area contributed by atoms with Gasteiger partial charge in [0.05, 0.1) is 24.3 Å². The Morgan fingerprint density at radius 1 is 1.19 bits per heavy atom. The highest BCUT2D eigenvalue weighted by Crippen LogP contribution is 2.28. The molecule has 8 nitrogen and oxygen atoms in total. The SMILES string of the molecule is C=CCN1C(=O)N(c2ccc(Cl)cc2)C(=O)C1CC(=O)Nc1cccc(C(=O)OCC)c1. The summed E-state index contributed by atoms with van der Waals surface area (Å²) in [5, 5.41) is 3.14. The van der Waals surface area contributed by atoms with Crippen LogP contribution in [-0.4, -0.2) is 47.9 Å². The average molecular weight is 456 g/mol. The molecule has 0 radical (unpaired) electrons. The van der Waals surface area contributed by atoms with Gasteiger partial charge in [-0.3, -0.25) is 9.59 Å². The molecule has 9 heteroatoms. The summed E-state index contributed by atoms with van der Waals surface area (Å²) >= 11 is 5.90. The lowest BCUT2D eigenvalue weighted by Crippen LogP contribution is -2.38. The van der Waals surface area contributed by atoms with E-state index in [0.29, 0.717) is 22.0 Å². The predicted molar refractivity (Wildman–Crippen MR) is 121 cm³/mol. The van der Waals surface area contributed by atoms with Crippen molar-refractivity contribution in [1.29, 1.82) is 0 Å². The quantitative estimate of drug-likeness (QED) is 0.370. The molecule has 1 saturated heterocycles. The number of urea groups is 1. The summed E-state index contributed by atoms with van der Waals surface area (Å²) in [4.78, 5) is 52.8. The summed E-state index contributed by atoms with van der Waals surface area (Å²) in [5.74, 6) is -1.50. The van der Waals surface area contributed by atoms with Gasteiger partial charge in [0.2, 0.25) is 5.91 Å². The van der Waals surface area contributed by atoms with Gasteiger partial charge in [0.15, 0.2) is 0 Å². The number of carbonyl (C=O) groups excluding carboxylic acids is 4. The van der Waals surface area contributed by atoms with Gasteiger partial charge in [0.1, 0.15) is 6.04 Å². The number of nitrogens with one attached hydrogen (secondary N) is 1. The highest BCUT2D eigenvalue weighted by molar-refractivity contribution is 6.30. The number of hydrogen-bond donors (Lipinski definition) is 1. The van der Waals surface area contributed by atoms with Crippen molar-refractivity contribution in [1.82, 2.24) is 4.90 Å². The highest BCUT2D eigenvalue weighted by Gasteiger charge is 2.46. The van der Waals surface area contributed by atoms with Crippen LogP contribution in [0.3, 0.4) is 0 Å². The van der Waals surface area contributed by atoms with E-state index in [2.05, 4.69) is 11.9 Å². The Morgan fingerprint density at radius 3 is 2.56 bits per heavy atom. The molecule has 1 N–H and O–H groups in total. The van der Waals surface area contributed by atoms with Crippen LogP contribution in [0.2, 0.25) is 5.02 Å². The first-order valence-electron chi connectivity index (χ1n) is 9.93. The molecule has 0 aliphatic carbocycles. The minimum atomic E-state index is -0.996. The second kappa shape index (κ2) is 10.1. The number of amides is 4. The van der Waals surface area contributed by atoms with Crippen molar-refractivity contribution in [2.75, 3.05) is 23.4 Å². The second-order valence-corrected chi connectivity index (χ2v) is 7.38. The second-order valence-electron chi connectivity index (χ2n) is 6.94. The Kier molecular flexibility index (Phi) is 7.27. The lowest BCUT2D eigenvalue weighted by atomic mass is 10.1. The van der Waals surface area contributed by atoms with Crippen molar-refractivity contribution in [2.45, 2.75) is 19.4 Å². The normalized spacial score (nSPS) is 15.6. The molecular weight excluding hydrogens is 434 g/mol. The van der Waals surface area contributed by atoms with E-state index < -0.39 is 29.9 Å². The van der Waals surface area contributed by atoms with Crippen LogP contribution in [0, 0.1) is 0 Å². The number of benzene rings is 2. The van der Waals surface area contributed by atoms with Crippen LogP contribution in [0.1, 0.15) is 23.7 Å². The standard InChI is InChI=1S/C23H22ClN3O5/c1-3-12-26-19(21(29)27(23(26)31)18-10-8-16(24)9-11-18)14-20(28)25-17-7-5-6-15(13-17)22(30)32-4-2/h3,5-11,13,19H,1,4,12,14H2,2H3,(H,25,28). The van der Waals surface area contributed by atoms with Crippen molar-refractivity contribution in [3.8, 4) is 0 Å². The largest absolute Gasteiger partial charge is 0.462 e. The monoisotopic (exact) mass is 455 g/mol. The molecule has 3 rings (SSSR count). The third-order valence-corrected chi connectivity index (χ3v) is 5.02. The molecule has 1 unspecified atom stereocenters. The van der Waals surface area contributed by atoms with E-state index in [1.54, 1.807) is 49.4 Å². The van der Waals surface area contributed by atoms with E-state index in [-0.39, 0.29) is 19.6 Å². The summed E-state index contributed by atoms with van der Waals surface area (Å²) in [7, 11) is 0. The van der Waals surface area contributed by atoms with E-state index in [1.807, 2.05) is 0 Å². The molecule has 32 heavy (non-hydrogen) atoms. The topological polar surface area (TPSA) is 96.0 Å². The number of ether oxygens (including phenoxy) is 1. The van der Waals surface area contributed by atoms with Crippen molar-refractivity contribution in [3.05, 3.63) is 71.8 Å². The first-order chi connectivity index (χ1) is 15.3. The highest BCUT2D eigenvalue weighted by atomic mass is 35.5. The maximum Gasteiger partial charge on any atom is 0.338 e. The molecule has 1 heterocycles. The fourth-order valence-electron chi connectivity index (χ4n) is 3.33. The molecule has 2 aromatic rings. The summed E-state index contributed by atoms with van der Waals surface area (Å²) in [6.07, 6.45) is 1.23. The Bertz CT molecular complexity index is 1050. The average Bonchev–Trinajstić information content (AvgIpc) is 2.99. The lowest BCUT2D eigenvalue weighted by molar-refractivity contribution is -0.124. The molecule has 4 amide bonds. The zero-order valence-corrected chi connectivity index (χ0v) is 18.2. The number of carbonyl (C=O) groups is 4. The molecule has 1 aliphatic rings. The Labute approximate surface area is 190 Å². The van der Waals surface area contributed by atoms with Crippen LogP contribution in [0.15, 0.2) is 61.2 Å². The smallest absolute Gasteiger partial charge is 0.338 e. The number of halogens is 1. The Hall–Kier alpha value is -3.65. The van der Waals surface area contributed by atoms with Gasteiger partial charge in [0, 0.05) is 17.3 Å². The number of anilines is 2. The van der Waals surface area contributed by atoms with E-state index in [4.69, 9.17) is 16.3 Å². The minimum Gasteiger partial charge on any atom is -0.462 e. The van der Waals surface area contributed by atoms with Gasteiger partial charge < -0.3 is 15.0 Å². The van der Waals surface area contributed by atoms with Crippen LogP contribution in [-0.2, 0) is 14.3 Å². The Morgan fingerprint density at radius 2 is 1.91 bits per heavy atom. The fraction of sp³-hybridized carbons (Fsp3) is 0.217. The molecule has 0 aromatic heterocycles. The summed E-state index contributed by atoms with van der Waals surface area (Å²) in [6.45, 7) is 5.67. The summed E-state index contributed by atoms with van der Waals surface area (Å²) < 4.78 is 4.96. The zero-order valence-electron chi connectivity index (χ0n) is 17.4. The number of rotatable bonds is 8. The van der Waals surface area contributed by atoms with Crippen molar-refractivity contribution in [2.24, 2.45) is 0 Å². The van der Waals surface area contributed by atoms with E-state index in [9.17, 15) is 19.2 Å². The van der Waals surface area contributed by atoms with Crippen molar-refractivity contribution < 1.29 is 23.9 Å². The minimum absolute atomic E-state index is 0.102. The first-order valence-corrected chi connectivity index (χ1v) is 10.3. The van der Waals surface area contributed by atoms with Crippen LogP contribution in [0.25, 0.3) is 0 Å². The molecule has 1 atom stereocenters. The first kappa shape index (κ1) is 23.0. The van der Waals surface area contributed by atoms with Gasteiger partial charge in [-0.05, 0) is 49.4 Å². The van der Waals surface area contributed by atoms with Gasteiger partial charge >= 0.3 is 12.0 Å². The summed E-state index contributed by atoms with van der Waals surface area (Å²) in [6, 6.07) is 11.0. The maximum atomic E-state index is 13.0. The van der Waals surface area contributed by atoms with E-state index in [1.165, 1.54) is 17.0 Å². The molecule has 1 fully saturated rings. The molecule has 1 aliphatic heterocycles. The molecule has 166 valence electrons. The maximum absolute atomic E-state index is 13.0. The van der Waals surface area contributed by atoms with Crippen LogP contribution in [0.5, 0.6) is 0 Å². The molecular formula is C23H22ClN3O5. The molecule has 0 spiro atoms. The van der Waals surface area contributed by atoms with E-state index in [0.717, 1.165) is 4.90 Å². The Balaban J connectivity index is 1.76. The number of imide groups is 1. The van der Waals surface area contributed by atoms with Gasteiger partial charge in [-0.2, -0.15) is 0 Å². The van der Waals surface area contributed by atoms with Crippen molar-refractivity contribution in [3.63, 3.8) is 0 Å². The molecule has 0 bridgehead atoms. The number of nitrogens with zero attached hydrogens (tertiary/aromatic N) is 2. The molecule has 0 saturated carbocycles. The van der Waals surface area contributed by atoms with E-state index >= 15 is 0 Å². The van der Waals surface area contributed by atoms with Crippen LogP contribution < -0.4 is 10.2 Å². The zero-order chi connectivity index (χ0) is 23.3. The number of hydrogen-bond acceptors (Lipinski definition) is 5. The van der Waals surface area contributed by atoms with Crippen molar-refractivity contribution >= 4 is 46.8 Å². The third kappa shape index (κ3) is 4.97. The van der Waals surface area contributed by atoms with Gasteiger partial charge in [0.25, 0.3) is 5.91 Å². The lowest BCUT2D eigenvalue weighted by Gasteiger charge is -2.19. The number of esters is 1. The third-order valence-electron chi connectivity index (χ3n) is 4.77. The molecule has 2 aromatic carbocycles. The van der Waals surface area contributed by atoms with Crippen LogP contribution >= 0.6 is 11.6 Å². The van der Waals surface area contributed by atoms with Crippen LogP contribution in [0.4, 0.5) is 16.2 Å². The van der Waals surface area contributed by atoms with Gasteiger partial charge in [-0.25, -0.2) is 14.5 Å². The summed E-state index contributed by atoms with van der Waals surface area (Å²) in [5.41, 5.74) is 1.03. The predicted octanol–water partition coefficient (Wildman–Crippen LogP) is 3.87.